The summed E-state index contributed by atoms with van der Waals surface area (Å²) >= 11 is 0. The van der Waals surface area contributed by atoms with Crippen LogP contribution in [0.5, 0.6) is 5.75 Å². The molecule has 0 bridgehead atoms. The largest absolute Gasteiger partial charge is 0.496 e. The SMILES string of the molecule is COc1ccc(C)cc1C(=O)N1CCN(C(=O)C2CCCCC2)CC1. The van der Waals surface area contributed by atoms with Crippen molar-refractivity contribution in [3.63, 3.8) is 0 Å². The number of carbonyl (C=O) groups excluding carboxylic acids is 2. The maximum Gasteiger partial charge on any atom is 0.257 e. The van der Waals surface area contributed by atoms with Gasteiger partial charge in [0.1, 0.15) is 5.75 Å². The second kappa shape index (κ2) is 7.89. The van der Waals surface area contributed by atoms with Crippen LogP contribution in [0, 0.1) is 12.8 Å². The third-order valence-corrected chi connectivity index (χ3v) is 5.42. The van der Waals surface area contributed by atoms with Gasteiger partial charge in [0.15, 0.2) is 0 Å². The predicted molar refractivity (Wildman–Crippen MR) is 96.8 cm³/mol. The fraction of sp³-hybridized carbons (Fsp3) is 0.600. The van der Waals surface area contributed by atoms with Crippen LogP contribution in [0.3, 0.4) is 0 Å². The van der Waals surface area contributed by atoms with Crippen molar-refractivity contribution in [3.8, 4) is 5.75 Å². The van der Waals surface area contributed by atoms with Gasteiger partial charge in [-0.25, -0.2) is 0 Å². The number of methoxy groups -OCH3 is 1. The van der Waals surface area contributed by atoms with Crippen LogP contribution < -0.4 is 4.74 Å². The summed E-state index contributed by atoms with van der Waals surface area (Å²) in [5.74, 6) is 1.09. The number of carbonyl (C=O) groups is 2. The van der Waals surface area contributed by atoms with Gasteiger partial charge in [0.05, 0.1) is 12.7 Å². The Labute approximate surface area is 149 Å². The molecule has 2 aliphatic rings. The van der Waals surface area contributed by atoms with Crippen molar-refractivity contribution in [1.82, 2.24) is 9.80 Å². The Morgan fingerprint density at radius 2 is 1.64 bits per heavy atom. The zero-order valence-corrected chi connectivity index (χ0v) is 15.3. The zero-order chi connectivity index (χ0) is 17.8. The quantitative estimate of drug-likeness (QED) is 0.847. The van der Waals surface area contributed by atoms with E-state index in [0.29, 0.717) is 43.4 Å². The van der Waals surface area contributed by atoms with Crippen LogP contribution in [-0.2, 0) is 4.79 Å². The highest BCUT2D eigenvalue weighted by molar-refractivity contribution is 5.97. The second-order valence-electron chi connectivity index (χ2n) is 7.16. The molecule has 0 atom stereocenters. The van der Waals surface area contributed by atoms with Crippen molar-refractivity contribution in [3.05, 3.63) is 29.3 Å². The molecule has 0 N–H and O–H groups in total. The molecular formula is C20H28N2O3. The standard InChI is InChI=1S/C20H28N2O3/c1-15-8-9-18(25-2)17(14-15)20(24)22-12-10-21(11-13-22)19(23)16-6-4-3-5-7-16/h8-9,14,16H,3-7,10-13H2,1-2H3. The summed E-state index contributed by atoms with van der Waals surface area (Å²) in [6.45, 7) is 4.42. The van der Waals surface area contributed by atoms with Crippen LogP contribution in [-0.4, -0.2) is 54.9 Å². The third-order valence-electron chi connectivity index (χ3n) is 5.42. The van der Waals surface area contributed by atoms with E-state index in [1.165, 1.54) is 19.3 Å². The van der Waals surface area contributed by atoms with Crippen molar-refractivity contribution >= 4 is 11.8 Å². The Morgan fingerprint density at radius 1 is 1.00 bits per heavy atom. The van der Waals surface area contributed by atoms with Gasteiger partial charge in [0, 0.05) is 32.1 Å². The number of piperazine rings is 1. The molecule has 0 unspecified atom stereocenters. The minimum absolute atomic E-state index is 0.00897. The zero-order valence-electron chi connectivity index (χ0n) is 15.3. The molecule has 1 saturated carbocycles. The lowest BCUT2D eigenvalue weighted by molar-refractivity contribution is -0.138. The Bertz CT molecular complexity index is 630. The molecule has 3 rings (SSSR count). The van der Waals surface area contributed by atoms with E-state index in [0.717, 1.165) is 18.4 Å². The van der Waals surface area contributed by atoms with Crippen LogP contribution in [0.2, 0.25) is 0 Å². The smallest absolute Gasteiger partial charge is 0.257 e. The molecule has 2 fully saturated rings. The summed E-state index contributed by atoms with van der Waals surface area (Å²) in [5, 5.41) is 0. The first kappa shape index (κ1) is 17.8. The number of rotatable bonds is 3. The molecule has 1 aliphatic carbocycles. The molecule has 0 spiro atoms. The lowest BCUT2D eigenvalue weighted by atomic mass is 9.88. The van der Waals surface area contributed by atoms with E-state index < -0.39 is 0 Å². The Morgan fingerprint density at radius 3 is 2.28 bits per heavy atom. The maximum absolute atomic E-state index is 12.9. The van der Waals surface area contributed by atoms with Crippen molar-refractivity contribution in [2.24, 2.45) is 5.92 Å². The van der Waals surface area contributed by atoms with E-state index in [1.807, 2.05) is 34.9 Å². The fourth-order valence-corrected chi connectivity index (χ4v) is 3.90. The van der Waals surface area contributed by atoms with Gasteiger partial charge >= 0.3 is 0 Å². The normalized spacial score (nSPS) is 19.0. The first-order chi connectivity index (χ1) is 12.1. The Hall–Kier alpha value is -2.04. The third kappa shape index (κ3) is 3.97. The molecule has 1 aliphatic heterocycles. The first-order valence-electron chi connectivity index (χ1n) is 9.33. The number of hydrogen-bond acceptors (Lipinski definition) is 3. The van der Waals surface area contributed by atoms with Gasteiger partial charge in [-0.05, 0) is 31.9 Å². The number of benzene rings is 1. The van der Waals surface area contributed by atoms with Gasteiger partial charge in [-0.2, -0.15) is 0 Å². The molecule has 0 radical (unpaired) electrons. The van der Waals surface area contributed by atoms with Crippen LogP contribution in [0.15, 0.2) is 18.2 Å². The van der Waals surface area contributed by atoms with E-state index in [-0.39, 0.29) is 11.8 Å². The number of ether oxygens (including phenoxy) is 1. The molecule has 136 valence electrons. The Kier molecular flexibility index (Phi) is 5.61. The fourth-order valence-electron chi connectivity index (χ4n) is 3.90. The van der Waals surface area contributed by atoms with Gasteiger partial charge in [0.2, 0.25) is 5.91 Å². The highest BCUT2D eigenvalue weighted by Gasteiger charge is 2.30. The lowest BCUT2D eigenvalue weighted by Crippen LogP contribution is -2.52. The van der Waals surface area contributed by atoms with E-state index >= 15 is 0 Å². The van der Waals surface area contributed by atoms with E-state index in [4.69, 9.17) is 4.74 Å². The maximum atomic E-state index is 12.9. The molecule has 2 amide bonds. The van der Waals surface area contributed by atoms with Crippen LogP contribution in [0.4, 0.5) is 0 Å². The van der Waals surface area contributed by atoms with E-state index in [1.54, 1.807) is 7.11 Å². The van der Waals surface area contributed by atoms with Crippen molar-refractivity contribution in [2.45, 2.75) is 39.0 Å². The average Bonchev–Trinajstić information content (AvgIpc) is 2.67. The predicted octanol–water partition coefficient (Wildman–Crippen LogP) is 2.87. The van der Waals surface area contributed by atoms with Gasteiger partial charge in [-0.3, -0.25) is 9.59 Å². The second-order valence-corrected chi connectivity index (χ2v) is 7.16. The van der Waals surface area contributed by atoms with E-state index in [9.17, 15) is 9.59 Å². The van der Waals surface area contributed by atoms with Crippen LogP contribution in [0.25, 0.3) is 0 Å². The van der Waals surface area contributed by atoms with Crippen LogP contribution in [0.1, 0.15) is 48.0 Å². The number of nitrogens with zero attached hydrogens (tertiary/aromatic N) is 2. The molecule has 1 aromatic rings. The monoisotopic (exact) mass is 344 g/mol. The number of amides is 2. The van der Waals surface area contributed by atoms with E-state index in [2.05, 4.69) is 0 Å². The molecule has 1 heterocycles. The lowest BCUT2D eigenvalue weighted by Gasteiger charge is -2.37. The minimum atomic E-state index is -0.00897. The summed E-state index contributed by atoms with van der Waals surface area (Å²) in [6, 6.07) is 5.66. The highest BCUT2D eigenvalue weighted by atomic mass is 16.5. The molecule has 1 aromatic carbocycles. The van der Waals surface area contributed by atoms with Gasteiger partial charge in [0.25, 0.3) is 5.91 Å². The summed E-state index contributed by atoms with van der Waals surface area (Å²) in [5.41, 5.74) is 1.64. The van der Waals surface area contributed by atoms with Gasteiger partial charge in [-0.1, -0.05) is 30.9 Å². The summed E-state index contributed by atoms with van der Waals surface area (Å²) in [6.07, 6.45) is 5.64. The average molecular weight is 344 g/mol. The number of aryl methyl sites for hydroxylation is 1. The van der Waals surface area contributed by atoms with Gasteiger partial charge < -0.3 is 14.5 Å². The molecule has 25 heavy (non-hydrogen) atoms. The molecule has 5 heteroatoms. The van der Waals surface area contributed by atoms with Gasteiger partial charge in [-0.15, -0.1) is 0 Å². The van der Waals surface area contributed by atoms with Crippen molar-refractivity contribution in [1.29, 1.82) is 0 Å². The van der Waals surface area contributed by atoms with Crippen LogP contribution >= 0.6 is 0 Å². The summed E-state index contributed by atoms with van der Waals surface area (Å²) < 4.78 is 5.34. The Balaban J connectivity index is 1.61. The summed E-state index contributed by atoms with van der Waals surface area (Å²) in [4.78, 5) is 29.3. The first-order valence-corrected chi connectivity index (χ1v) is 9.33. The number of hydrogen-bond donors (Lipinski definition) is 0. The van der Waals surface area contributed by atoms with Crippen molar-refractivity contribution < 1.29 is 14.3 Å². The summed E-state index contributed by atoms with van der Waals surface area (Å²) in [7, 11) is 1.59. The molecule has 0 aromatic heterocycles. The van der Waals surface area contributed by atoms with Crippen molar-refractivity contribution in [2.75, 3.05) is 33.3 Å². The molecule has 5 nitrogen and oxygen atoms in total. The topological polar surface area (TPSA) is 49.9 Å². The highest BCUT2D eigenvalue weighted by Crippen LogP contribution is 2.26. The minimum Gasteiger partial charge on any atom is -0.496 e. The molecule has 1 saturated heterocycles. The molecular weight excluding hydrogens is 316 g/mol.